The number of anilines is 1. The van der Waals surface area contributed by atoms with Crippen LogP contribution in [0.1, 0.15) is 38.3 Å². The van der Waals surface area contributed by atoms with Crippen molar-refractivity contribution in [2.75, 3.05) is 18.4 Å². The molecule has 2 aromatic heterocycles. The van der Waals surface area contributed by atoms with Crippen molar-refractivity contribution in [1.29, 1.82) is 0 Å². The van der Waals surface area contributed by atoms with E-state index in [9.17, 15) is 4.79 Å². The van der Waals surface area contributed by atoms with E-state index in [1.807, 2.05) is 10.1 Å². The molecule has 3 saturated heterocycles. The minimum Gasteiger partial charge on any atom is -0.302 e. The predicted molar refractivity (Wildman–Crippen MR) is 101 cm³/mol. The highest BCUT2D eigenvalue weighted by atomic mass is 32.1. The maximum Gasteiger partial charge on any atom is 0.230 e. The molecule has 0 saturated carbocycles. The van der Waals surface area contributed by atoms with Crippen molar-refractivity contribution in [2.24, 2.45) is 11.8 Å². The fraction of sp³-hybridized carbons (Fsp3) is 0.667. The average molecular weight is 375 g/mol. The number of nitrogens with zero attached hydrogens (tertiary/aromatic N) is 5. The van der Waals surface area contributed by atoms with Crippen molar-refractivity contribution in [3.63, 3.8) is 0 Å². The molecule has 4 atom stereocenters. The molecule has 1 amide bonds. The van der Waals surface area contributed by atoms with Crippen LogP contribution < -0.4 is 5.32 Å². The minimum absolute atomic E-state index is 0.0692. The zero-order valence-corrected chi connectivity index (χ0v) is 16.0. The monoisotopic (exact) mass is 374 g/mol. The molecule has 4 unspecified atom stereocenters. The molecule has 3 fully saturated rings. The molecule has 3 aliphatic heterocycles. The Kier molecular flexibility index (Phi) is 5.31. The number of hydrogen-bond donors (Lipinski definition) is 1. The summed E-state index contributed by atoms with van der Waals surface area (Å²) in [6.45, 7) is 4.98. The molecule has 7 nitrogen and oxygen atoms in total. The molecule has 26 heavy (non-hydrogen) atoms. The van der Waals surface area contributed by atoms with Crippen molar-refractivity contribution in [2.45, 2.75) is 51.6 Å². The van der Waals surface area contributed by atoms with Crippen molar-refractivity contribution < 1.29 is 4.79 Å². The Morgan fingerprint density at radius 2 is 2.38 bits per heavy atom. The van der Waals surface area contributed by atoms with Gasteiger partial charge in [-0.2, -0.15) is 0 Å². The molecule has 8 heteroatoms. The predicted octanol–water partition coefficient (Wildman–Crippen LogP) is 2.43. The largest absolute Gasteiger partial charge is 0.302 e. The van der Waals surface area contributed by atoms with Gasteiger partial charge in [-0.3, -0.25) is 14.4 Å². The fourth-order valence-corrected chi connectivity index (χ4v) is 4.76. The van der Waals surface area contributed by atoms with Crippen molar-refractivity contribution in [1.82, 2.24) is 24.9 Å². The zero-order valence-electron chi connectivity index (χ0n) is 15.2. The van der Waals surface area contributed by atoms with Gasteiger partial charge in [0.05, 0.1) is 18.2 Å². The van der Waals surface area contributed by atoms with Crippen LogP contribution in [-0.4, -0.2) is 49.9 Å². The third kappa shape index (κ3) is 3.81. The quantitative estimate of drug-likeness (QED) is 0.805. The summed E-state index contributed by atoms with van der Waals surface area (Å²) in [6, 6.07) is 0.457. The van der Waals surface area contributed by atoms with E-state index in [-0.39, 0.29) is 11.8 Å². The topological polar surface area (TPSA) is 75.9 Å². The molecular formula is C18H26N6OS. The summed E-state index contributed by atoms with van der Waals surface area (Å²) < 4.78 is 1.99. The van der Waals surface area contributed by atoms with E-state index in [1.165, 1.54) is 17.8 Å². The van der Waals surface area contributed by atoms with E-state index >= 15 is 0 Å². The van der Waals surface area contributed by atoms with Crippen LogP contribution in [0.4, 0.5) is 5.13 Å². The number of aromatic nitrogens is 4. The summed E-state index contributed by atoms with van der Waals surface area (Å²) >= 11 is 1.47. The highest BCUT2D eigenvalue weighted by Gasteiger charge is 2.43. The second-order valence-corrected chi connectivity index (χ2v) is 8.30. The third-order valence-corrected chi connectivity index (χ3v) is 6.34. The summed E-state index contributed by atoms with van der Waals surface area (Å²) in [5, 5.41) is 14.2. The van der Waals surface area contributed by atoms with E-state index < -0.39 is 0 Å². The summed E-state index contributed by atoms with van der Waals surface area (Å²) in [4.78, 5) is 19.2. The molecule has 1 N–H and O–H groups in total. The molecule has 2 bridgehead atoms. The Balaban J connectivity index is 1.34. The number of rotatable bonds is 7. The standard InChI is InChI=1S/C18H26N6OS/c1-2-3-4-14-10-24(22-21-14)11-15-9-13-5-7-23(15)12-16(13)17(25)20-18-19-6-8-26-18/h6,8,10,13,15-16H,2-5,7,9,11-12H2,1H3,(H,19,20,25). The maximum absolute atomic E-state index is 12.6. The van der Waals surface area contributed by atoms with Gasteiger partial charge in [0.1, 0.15) is 0 Å². The number of carbonyl (C=O) groups excluding carboxylic acids is 1. The molecule has 0 radical (unpaired) electrons. The molecule has 0 spiro atoms. The van der Waals surface area contributed by atoms with Gasteiger partial charge in [-0.1, -0.05) is 18.6 Å². The van der Waals surface area contributed by atoms with Gasteiger partial charge in [-0.25, -0.2) is 4.98 Å². The van der Waals surface area contributed by atoms with E-state index in [2.05, 4.69) is 38.6 Å². The molecular weight excluding hydrogens is 348 g/mol. The number of nitrogens with one attached hydrogen (secondary N) is 1. The number of hydrogen-bond acceptors (Lipinski definition) is 6. The summed E-state index contributed by atoms with van der Waals surface area (Å²) in [7, 11) is 0. The first-order chi connectivity index (χ1) is 12.7. The van der Waals surface area contributed by atoms with E-state index in [1.54, 1.807) is 6.20 Å². The first-order valence-corrected chi connectivity index (χ1v) is 10.4. The van der Waals surface area contributed by atoms with Crippen molar-refractivity contribution in [3.8, 4) is 0 Å². The van der Waals surface area contributed by atoms with Crippen LogP contribution in [0.2, 0.25) is 0 Å². The highest BCUT2D eigenvalue weighted by molar-refractivity contribution is 7.13. The van der Waals surface area contributed by atoms with Crippen molar-refractivity contribution in [3.05, 3.63) is 23.5 Å². The lowest BCUT2D eigenvalue weighted by Crippen LogP contribution is -2.57. The first kappa shape index (κ1) is 17.6. The molecule has 140 valence electrons. The van der Waals surface area contributed by atoms with E-state index in [0.29, 0.717) is 17.1 Å². The minimum atomic E-state index is 0.0692. The van der Waals surface area contributed by atoms with E-state index in [0.717, 1.165) is 51.0 Å². The Hall–Kier alpha value is -1.80. The van der Waals surface area contributed by atoms with Crippen LogP contribution in [0.5, 0.6) is 0 Å². The van der Waals surface area contributed by atoms with Gasteiger partial charge >= 0.3 is 0 Å². The van der Waals surface area contributed by atoms with Crippen LogP contribution in [-0.2, 0) is 17.8 Å². The SMILES string of the molecule is CCCCc1cn(CC2CC3CCN2CC3C(=O)Nc2nccs2)nn1. The second-order valence-electron chi connectivity index (χ2n) is 7.40. The molecule has 2 aromatic rings. The van der Waals surface area contributed by atoms with Gasteiger partial charge in [-0.15, -0.1) is 16.4 Å². The Bertz CT molecular complexity index is 730. The van der Waals surface area contributed by atoms with Gasteiger partial charge in [0.25, 0.3) is 0 Å². The number of fused-ring (bicyclic) bond motifs is 3. The number of piperidine rings is 3. The Morgan fingerprint density at radius 1 is 1.46 bits per heavy atom. The lowest BCUT2D eigenvalue weighted by atomic mass is 9.75. The molecule has 0 aromatic carbocycles. The number of unbranched alkanes of at least 4 members (excludes halogenated alkanes) is 1. The molecule has 0 aliphatic carbocycles. The number of thiazole rings is 1. The van der Waals surface area contributed by atoms with Gasteiger partial charge in [-0.05, 0) is 38.1 Å². The maximum atomic E-state index is 12.6. The van der Waals surface area contributed by atoms with E-state index in [4.69, 9.17) is 0 Å². The fourth-order valence-electron chi connectivity index (χ4n) is 4.22. The van der Waals surface area contributed by atoms with Crippen LogP contribution >= 0.6 is 11.3 Å². The lowest BCUT2D eigenvalue weighted by Gasteiger charge is -2.49. The average Bonchev–Trinajstić information content (AvgIpc) is 3.32. The van der Waals surface area contributed by atoms with Crippen LogP contribution in [0.25, 0.3) is 0 Å². The number of amides is 1. The summed E-state index contributed by atoms with van der Waals surface area (Å²) in [6.07, 6.45) is 9.31. The highest BCUT2D eigenvalue weighted by Crippen LogP contribution is 2.37. The van der Waals surface area contributed by atoms with Gasteiger partial charge < -0.3 is 5.32 Å². The van der Waals surface area contributed by atoms with Gasteiger partial charge in [0, 0.05) is 30.4 Å². The van der Waals surface area contributed by atoms with Crippen LogP contribution in [0.3, 0.4) is 0 Å². The lowest BCUT2D eigenvalue weighted by molar-refractivity contribution is -0.127. The zero-order chi connectivity index (χ0) is 17.9. The third-order valence-electron chi connectivity index (χ3n) is 5.65. The van der Waals surface area contributed by atoms with Crippen LogP contribution in [0, 0.1) is 11.8 Å². The van der Waals surface area contributed by atoms with Gasteiger partial charge in [0.15, 0.2) is 5.13 Å². The van der Waals surface area contributed by atoms with Crippen molar-refractivity contribution >= 4 is 22.4 Å². The molecule has 5 rings (SSSR count). The Morgan fingerprint density at radius 3 is 3.12 bits per heavy atom. The normalized spacial score (nSPS) is 27.6. The van der Waals surface area contributed by atoms with Crippen LogP contribution in [0.15, 0.2) is 17.8 Å². The first-order valence-electron chi connectivity index (χ1n) is 9.56. The van der Waals surface area contributed by atoms with Gasteiger partial charge in [0.2, 0.25) is 5.91 Å². The molecule has 5 heterocycles. The summed E-state index contributed by atoms with van der Waals surface area (Å²) in [5.74, 6) is 0.642. The smallest absolute Gasteiger partial charge is 0.230 e. The number of aryl methyl sites for hydroxylation is 1. The second kappa shape index (κ2) is 7.84. The number of carbonyl (C=O) groups is 1. The Labute approximate surface area is 157 Å². The summed E-state index contributed by atoms with van der Waals surface area (Å²) in [5.41, 5.74) is 1.09. The molecule has 3 aliphatic rings.